The Balaban J connectivity index is 1.53. The Labute approximate surface area is 206 Å². The molecule has 0 aromatic heterocycles. The fourth-order valence-electron chi connectivity index (χ4n) is 3.92. The molecule has 0 bridgehead atoms. The highest BCUT2D eigenvalue weighted by Gasteiger charge is 2.30. The minimum atomic E-state index is -1.54. The van der Waals surface area contributed by atoms with Gasteiger partial charge in [-0.15, -0.1) is 12.8 Å². The summed E-state index contributed by atoms with van der Waals surface area (Å²) in [6.45, 7) is 3.96. The van der Waals surface area contributed by atoms with Crippen molar-refractivity contribution in [1.29, 1.82) is 0 Å². The Morgan fingerprint density at radius 3 is 1.03 bits per heavy atom. The molecule has 4 rings (SSSR count). The molecule has 0 saturated heterocycles. The average molecular weight is 459 g/mol. The molecule has 2 unspecified atom stereocenters. The minimum absolute atomic E-state index is 0.573. The molecular formula is C32H26O3. The van der Waals surface area contributed by atoms with Gasteiger partial charge in [0.2, 0.25) is 0 Å². The standard InChI is InChI=1S/C32H26O3/c1-5-31(33,25-11-7-23(3)8-12-25)27-15-19-29(20-16-27)35-30-21-17-28(18-22-30)32(34,6-2)26-13-9-24(4)10-14-26/h1-2,7-22,33-34H,3-4H3. The molecule has 172 valence electrons. The van der Waals surface area contributed by atoms with Crippen LogP contribution in [0.15, 0.2) is 97.1 Å². The van der Waals surface area contributed by atoms with E-state index in [9.17, 15) is 10.2 Å². The zero-order valence-corrected chi connectivity index (χ0v) is 19.7. The third kappa shape index (κ3) is 4.70. The normalized spacial score (nSPS) is 14.1. The summed E-state index contributed by atoms with van der Waals surface area (Å²) in [5, 5.41) is 22.3. The van der Waals surface area contributed by atoms with Gasteiger partial charge in [0.1, 0.15) is 11.5 Å². The molecule has 0 spiro atoms. The van der Waals surface area contributed by atoms with Gasteiger partial charge < -0.3 is 14.9 Å². The lowest BCUT2D eigenvalue weighted by molar-refractivity contribution is 0.145. The predicted octanol–water partition coefficient (Wildman–Crippen LogP) is 5.83. The van der Waals surface area contributed by atoms with Crippen LogP contribution >= 0.6 is 0 Å². The smallest absolute Gasteiger partial charge is 0.176 e. The SMILES string of the molecule is C#CC(O)(c1ccc(C)cc1)c1ccc(Oc2ccc(C(O)(C#C)c3ccc(C)cc3)cc2)cc1. The molecule has 0 amide bonds. The van der Waals surface area contributed by atoms with E-state index in [2.05, 4.69) is 11.8 Å². The molecule has 2 N–H and O–H groups in total. The summed E-state index contributed by atoms with van der Waals surface area (Å²) in [6, 6.07) is 29.0. The van der Waals surface area contributed by atoms with E-state index in [1.165, 1.54) is 0 Å². The second-order valence-electron chi connectivity index (χ2n) is 8.59. The van der Waals surface area contributed by atoms with Crippen LogP contribution in [0, 0.1) is 38.5 Å². The van der Waals surface area contributed by atoms with Crippen LogP contribution in [0.3, 0.4) is 0 Å². The van der Waals surface area contributed by atoms with Gasteiger partial charge in [-0.3, -0.25) is 0 Å². The second kappa shape index (κ2) is 9.53. The molecule has 3 nitrogen and oxygen atoms in total. The Kier molecular flexibility index (Phi) is 6.50. The largest absolute Gasteiger partial charge is 0.457 e. The molecule has 0 aliphatic carbocycles. The summed E-state index contributed by atoms with van der Waals surface area (Å²) in [6.07, 6.45) is 11.4. The number of terminal acetylenes is 2. The first-order valence-corrected chi connectivity index (χ1v) is 11.2. The van der Waals surface area contributed by atoms with Crippen molar-refractivity contribution in [2.24, 2.45) is 0 Å². The summed E-state index contributed by atoms with van der Waals surface area (Å²) in [5.41, 5.74) is 1.50. The van der Waals surface area contributed by atoms with Crippen LogP contribution < -0.4 is 4.74 Å². The summed E-state index contributed by atoms with van der Waals surface area (Å²) in [4.78, 5) is 0. The Morgan fingerprint density at radius 1 is 0.514 bits per heavy atom. The Bertz CT molecular complexity index is 1280. The van der Waals surface area contributed by atoms with Crippen molar-refractivity contribution in [2.75, 3.05) is 0 Å². The van der Waals surface area contributed by atoms with E-state index >= 15 is 0 Å². The van der Waals surface area contributed by atoms with Gasteiger partial charge in [0.15, 0.2) is 11.2 Å². The van der Waals surface area contributed by atoms with Gasteiger partial charge in [0.05, 0.1) is 0 Å². The second-order valence-corrected chi connectivity index (χ2v) is 8.59. The monoisotopic (exact) mass is 458 g/mol. The van der Waals surface area contributed by atoms with E-state index in [1.54, 1.807) is 48.5 Å². The maximum absolute atomic E-state index is 11.2. The summed E-state index contributed by atoms with van der Waals surface area (Å²) >= 11 is 0. The minimum Gasteiger partial charge on any atom is -0.457 e. The van der Waals surface area contributed by atoms with Crippen molar-refractivity contribution in [3.63, 3.8) is 0 Å². The summed E-state index contributed by atoms with van der Waals surface area (Å²) < 4.78 is 5.96. The van der Waals surface area contributed by atoms with E-state index < -0.39 is 11.2 Å². The molecule has 0 saturated carbocycles. The highest BCUT2D eigenvalue weighted by Crippen LogP contribution is 2.33. The van der Waals surface area contributed by atoms with Crippen LogP contribution in [0.4, 0.5) is 0 Å². The van der Waals surface area contributed by atoms with Crippen molar-refractivity contribution < 1.29 is 14.9 Å². The van der Waals surface area contributed by atoms with Crippen LogP contribution in [0.5, 0.6) is 11.5 Å². The van der Waals surface area contributed by atoms with Gasteiger partial charge in [-0.2, -0.15) is 0 Å². The zero-order chi connectivity index (χ0) is 25.1. The van der Waals surface area contributed by atoms with E-state index in [4.69, 9.17) is 17.6 Å². The van der Waals surface area contributed by atoms with Crippen molar-refractivity contribution in [1.82, 2.24) is 0 Å². The quantitative estimate of drug-likeness (QED) is 0.357. The molecule has 3 heteroatoms. The Hall–Kier alpha value is -4.28. The lowest BCUT2D eigenvalue weighted by Gasteiger charge is -2.24. The molecule has 35 heavy (non-hydrogen) atoms. The number of rotatable bonds is 6. The van der Waals surface area contributed by atoms with Gasteiger partial charge >= 0.3 is 0 Å². The lowest BCUT2D eigenvalue weighted by Crippen LogP contribution is -2.25. The zero-order valence-electron chi connectivity index (χ0n) is 19.7. The number of hydrogen-bond donors (Lipinski definition) is 2. The van der Waals surface area contributed by atoms with Crippen molar-refractivity contribution >= 4 is 0 Å². The number of benzene rings is 4. The maximum atomic E-state index is 11.2. The van der Waals surface area contributed by atoms with Gasteiger partial charge in [-0.1, -0.05) is 95.8 Å². The molecule has 0 fully saturated rings. The predicted molar refractivity (Wildman–Crippen MR) is 139 cm³/mol. The maximum Gasteiger partial charge on any atom is 0.176 e. The van der Waals surface area contributed by atoms with Crippen molar-refractivity contribution in [3.8, 4) is 36.2 Å². The topological polar surface area (TPSA) is 49.7 Å². The molecule has 4 aromatic rings. The number of aliphatic hydroxyl groups is 2. The van der Waals surface area contributed by atoms with E-state index in [0.717, 1.165) is 11.1 Å². The van der Waals surface area contributed by atoms with Crippen LogP contribution in [-0.4, -0.2) is 10.2 Å². The number of ether oxygens (including phenoxy) is 1. The molecule has 0 radical (unpaired) electrons. The van der Waals surface area contributed by atoms with Crippen LogP contribution in [0.1, 0.15) is 33.4 Å². The van der Waals surface area contributed by atoms with Gasteiger partial charge in [0, 0.05) is 22.3 Å². The van der Waals surface area contributed by atoms with Crippen molar-refractivity contribution in [3.05, 3.63) is 130 Å². The first-order valence-electron chi connectivity index (χ1n) is 11.2. The third-order valence-electron chi connectivity index (χ3n) is 6.14. The van der Waals surface area contributed by atoms with E-state index in [1.807, 2.05) is 62.4 Å². The average Bonchev–Trinajstić information content (AvgIpc) is 2.89. The molecule has 4 aromatic carbocycles. The fraction of sp³-hybridized carbons (Fsp3) is 0.125. The Morgan fingerprint density at radius 2 is 0.771 bits per heavy atom. The van der Waals surface area contributed by atoms with Gasteiger partial charge in [-0.25, -0.2) is 0 Å². The number of aryl methyl sites for hydroxylation is 2. The van der Waals surface area contributed by atoms with Crippen LogP contribution in [0.25, 0.3) is 0 Å². The molecule has 0 heterocycles. The van der Waals surface area contributed by atoms with E-state index in [-0.39, 0.29) is 0 Å². The highest BCUT2D eigenvalue weighted by atomic mass is 16.5. The fourth-order valence-corrected chi connectivity index (χ4v) is 3.92. The van der Waals surface area contributed by atoms with Crippen molar-refractivity contribution in [2.45, 2.75) is 25.0 Å². The summed E-state index contributed by atoms with van der Waals surface area (Å²) in [7, 11) is 0. The molecule has 2 atom stereocenters. The number of hydrogen-bond acceptors (Lipinski definition) is 3. The van der Waals surface area contributed by atoms with Gasteiger partial charge in [-0.05, 0) is 38.1 Å². The third-order valence-corrected chi connectivity index (χ3v) is 6.14. The molecular weight excluding hydrogens is 432 g/mol. The highest BCUT2D eigenvalue weighted by molar-refractivity contribution is 5.48. The molecule has 0 aliphatic rings. The van der Waals surface area contributed by atoms with Gasteiger partial charge in [0.25, 0.3) is 0 Å². The van der Waals surface area contributed by atoms with Crippen LogP contribution in [0.2, 0.25) is 0 Å². The van der Waals surface area contributed by atoms with Crippen LogP contribution in [-0.2, 0) is 11.2 Å². The first kappa shape index (κ1) is 23.9. The summed E-state index contributed by atoms with van der Waals surface area (Å²) in [5.74, 6) is 6.19. The first-order chi connectivity index (χ1) is 16.8. The van der Waals surface area contributed by atoms with E-state index in [0.29, 0.717) is 33.8 Å². The lowest BCUT2D eigenvalue weighted by atomic mass is 9.86. The molecule has 0 aliphatic heterocycles.